The van der Waals surface area contributed by atoms with Gasteiger partial charge in [0.2, 0.25) is 5.91 Å². The van der Waals surface area contributed by atoms with E-state index >= 15 is 0 Å². The SMILES string of the molecule is CC/C=C\C/C=C\C/C=C\C/C=C\C/C=C\C/C=C\CCCCC(=O)NC(COP(=O)(O)OCC[N+](C)(C)C)C(/C=C/CCCCCCCCCCC)OC(=O)CC/C=C\C/C=C\C/C=C\C/C=C\C/C=C\C/C=C\CC. The van der Waals surface area contributed by atoms with Crippen LogP contribution in [0.1, 0.15) is 201 Å². The smallest absolute Gasteiger partial charge is 0.456 e. The number of nitrogens with zero attached hydrogens (tertiary/aromatic N) is 1. The third kappa shape index (κ3) is 56.2. The summed E-state index contributed by atoms with van der Waals surface area (Å²) in [7, 11) is 1.40. The number of phosphoric acid groups is 1. The molecular formula is C67H110N2O7P+. The number of nitrogens with one attached hydrogen (secondary N) is 1. The molecule has 0 aliphatic carbocycles. The summed E-state index contributed by atoms with van der Waals surface area (Å²) in [6.07, 6.45) is 81.2. The topological polar surface area (TPSA) is 111 Å². The highest BCUT2D eigenvalue weighted by atomic mass is 31.2. The van der Waals surface area contributed by atoms with Gasteiger partial charge in [-0.2, -0.15) is 0 Å². The number of unbranched alkanes of at least 4 members (excludes halogenated alkanes) is 11. The molecule has 0 radical (unpaired) electrons. The molecule has 0 spiro atoms. The fourth-order valence-electron chi connectivity index (χ4n) is 7.44. The Balaban J connectivity index is 5.48. The zero-order chi connectivity index (χ0) is 56.4. The number of quaternary nitrogens is 1. The van der Waals surface area contributed by atoms with Crippen molar-refractivity contribution in [3.8, 4) is 0 Å². The van der Waals surface area contributed by atoms with E-state index in [0.29, 0.717) is 23.9 Å². The van der Waals surface area contributed by atoms with Gasteiger partial charge in [-0.1, -0.05) is 224 Å². The molecule has 0 aromatic heterocycles. The average Bonchev–Trinajstić information content (AvgIpc) is 3.39. The molecule has 0 rings (SSSR count). The van der Waals surface area contributed by atoms with Crippen LogP contribution in [0.4, 0.5) is 0 Å². The summed E-state index contributed by atoms with van der Waals surface area (Å²) >= 11 is 0. The number of amides is 1. The van der Waals surface area contributed by atoms with Crippen LogP contribution in [-0.2, 0) is 27.9 Å². The Labute approximate surface area is 471 Å². The summed E-state index contributed by atoms with van der Waals surface area (Å²) in [6, 6.07) is -0.914. The van der Waals surface area contributed by atoms with Gasteiger partial charge in [-0.25, -0.2) is 4.57 Å². The summed E-state index contributed by atoms with van der Waals surface area (Å²) in [5.74, 6) is -0.671. The van der Waals surface area contributed by atoms with Crippen molar-refractivity contribution in [1.29, 1.82) is 0 Å². The van der Waals surface area contributed by atoms with Crippen molar-refractivity contribution in [2.75, 3.05) is 40.9 Å². The van der Waals surface area contributed by atoms with Crippen molar-refractivity contribution in [3.05, 3.63) is 158 Å². The van der Waals surface area contributed by atoms with Gasteiger partial charge in [-0.15, -0.1) is 0 Å². The molecule has 0 saturated carbocycles. The molecule has 1 amide bonds. The highest BCUT2D eigenvalue weighted by molar-refractivity contribution is 7.47. The van der Waals surface area contributed by atoms with Crippen molar-refractivity contribution in [3.63, 3.8) is 0 Å². The molecule has 0 heterocycles. The Hall–Kier alpha value is -4.37. The average molecular weight is 1090 g/mol. The molecule has 0 fully saturated rings. The number of hydrogen-bond acceptors (Lipinski definition) is 6. The third-order valence-electron chi connectivity index (χ3n) is 12.0. The van der Waals surface area contributed by atoms with E-state index in [2.05, 4.69) is 160 Å². The largest absolute Gasteiger partial charge is 0.472 e. The fraction of sp³-hybridized carbons (Fsp3) is 0.582. The molecule has 0 saturated heterocycles. The third-order valence-corrected chi connectivity index (χ3v) is 13.0. The van der Waals surface area contributed by atoms with Gasteiger partial charge >= 0.3 is 13.8 Å². The van der Waals surface area contributed by atoms with Gasteiger partial charge in [-0.3, -0.25) is 18.6 Å². The molecule has 77 heavy (non-hydrogen) atoms. The van der Waals surface area contributed by atoms with E-state index in [1.165, 1.54) is 44.9 Å². The number of likely N-dealkylation sites (N-methyl/N-ethyl adjacent to an activating group) is 1. The lowest BCUT2D eigenvalue weighted by Crippen LogP contribution is -2.47. The maximum absolute atomic E-state index is 13.5. The number of hydrogen-bond donors (Lipinski definition) is 2. The van der Waals surface area contributed by atoms with Gasteiger partial charge in [0, 0.05) is 12.8 Å². The number of esters is 1. The number of carbonyl (C=O) groups is 2. The maximum Gasteiger partial charge on any atom is 0.472 e. The van der Waals surface area contributed by atoms with Crippen LogP contribution < -0.4 is 5.32 Å². The maximum atomic E-state index is 13.5. The zero-order valence-corrected chi connectivity index (χ0v) is 50.3. The van der Waals surface area contributed by atoms with Crippen molar-refractivity contribution >= 4 is 19.7 Å². The first-order valence-corrected chi connectivity index (χ1v) is 31.3. The Morgan fingerprint density at radius 3 is 1.27 bits per heavy atom. The predicted molar refractivity (Wildman–Crippen MR) is 332 cm³/mol. The van der Waals surface area contributed by atoms with E-state index in [1.807, 2.05) is 39.4 Å². The molecule has 3 atom stereocenters. The van der Waals surface area contributed by atoms with Gasteiger partial charge in [0.25, 0.3) is 0 Å². The highest BCUT2D eigenvalue weighted by Gasteiger charge is 2.30. The van der Waals surface area contributed by atoms with Crippen LogP contribution in [0.2, 0.25) is 0 Å². The van der Waals surface area contributed by atoms with Crippen molar-refractivity contribution in [2.45, 2.75) is 213 Å². The van der Waals surface area contributed by atoms with Gasteiger partial charge < -0.3 is 19.4 Å². The van der Waals surface area contributed by atoms with Crippen LogP contribution in [-0.4, -0.2) is 74.3 Å². The van der Waals surface area contributed by atoms with Gasteiger partial charge in [-0.05, 0) is 122 Å². The Morgan fingerprint density at radius 1 is 0.468 bits per heavy atom. The van der Waals surface area contributed by atoms with E-state index < -0.39 is 25.9 Å². The molecule has 9 nitrogen and oxygen atoms in total. The lowest BCUT2D eigenvalue weighted by atomic mass is 10.1. The van der Waals surface area contributed by atoms with Gasteiger partial charge in [0.15, 0.2) is 0 Å². The summed E-state index contributed by atoms with van der Waals surface area (Å²) in [5.41, 5.74) is 0. The van der Waals surface area contributed by atoms with E-state index in [0.717, 1.165) is 109 Å². The van der Waals surface area contributed by atoms with Crippen molar-refractivity contribution < 1.29 is 37.3 Å². The molecule has 0 aromatic carbocycles. The summed E-state index contributed by atoms with van der Waals surface area (Å²) in [5, 5.41) is 3.00. The number of rotatable bonds is 51. The summed E-state index contributed by atoms with van der Waals surface area (Å²) in [6.45, 7) is 6.66. The van der Waals surface area contributed by atoms with Crippen LogP contribution >= 0.6 is 7.82 Å². The Morgan fingerprint density at radius 2 is 0.844 bits per heavy atom. The molecule has 434 valence electrons. The lowest BCUT2D eigenvalue weighted by molar-refractivity contribution is -0.870. The summed E-state index contributed by atoms with van der Waals surface area (Å²) in [4.78, 5) is 37.6. The Kier molecular flexibility index (Phi) is 51.8. The van der Waals surface area contributed by atoms with Crippen molar-refractivity contribution in [1.82, 2.24) is 5.32 Å². The van der Waals surface area contributed by atoms with Gasteiger partial charge in [0.05, 0.1) is 33.8 Å². The molecule has 2 N–H and O–H groups in total. The standard InChI is InChI=1S/C67H109N2O7P/c1-7-10-13-16-19-22-25-27-29-31-33-34-36-37-39-41-44-47-50-53-56-59-66(70)68-64(63-75-77(72,73)74-62-61-69(4,5)6)65(58-55-52-49-46-43-24-21-18-15-12-9-3)76-67(71)60-57-54-51-48-45-42-40-38-35-32-30-28-26-23-20-17-14-11-8-2/h10-11,13-14,19-20,22-23,27-30,33-35,37-39,42,44-45,47,51,54-55,58,64-65H,7-9,12,15-18,21,24-26,31-32,36,40-41,43,46,48-50,52-53,56-57,59-63H2,1-6H3,(H-,68,70,72,73)/p+1/b13-10-,14-11-,22-19-,23-20-,29-27-,30-28-,34-33-,38-35-,39-37-,45-42-,47-44-,54-51-,58-55+. The predicted octanol–water partition coefficient (Wildman–Crippen LogP) is 18.4. The van der Waals surface area contributed by atoms with E-state index in [1.54, 1.807) is 6.08 Å². The molecule has 10 heteroatoms. The van der Waals surface area contributed by atoms with Crippen LogP contribution in [0.15, 0.2) is 158 Å². The van der Waals surface area contributed by atoms with E-state index in [9.17, 15) is 19.0 Å². The number of ether oxygens (including phenoxy) is 1. The number of allylic oxidation sites excluding steroid dienone is 25. The minimum atomic E-state index is -4.49. The first-order valence-electron chi connectivity index (χ1n) is 29.8. The fourth-order valence-corrected chi connectivity index (χ4v) is 8.17. The first kappa shape index (κ1) is 72.6. The van der Waals surface area contributed by atoms with Crippen LogP contribution in [0.25, 0.3) is 0 Å². The molecular weight excluding hydrogens is 976 g/mol. The van der Waals surface area contributed by atoms with E-state index in [-0.39, 0.29) is 32.0 Å². The zero-order valence-electron chi connectivity index (χ0n) is 49.4. The second-order valence-electron chi connectivity index (χ2n) is 20.4. The second-order valence-corrected chi connectivity index (χ2v) is 21.9. The monoisotopic (exact) mass is 1090 g/mol. The molecule has 0 aromatic rings. The second kappa shape index (κ2) is 55.0. The minimum Gasteiger partial charge on any atom is -0.456 e. The molecule has 0 aliphatic heterocycles. The molecule has 3 unspecified atom stereocenters. The first-order chi connectivity index (χ1) is 37.4. The van der Waals surface area contributed by atoms with Crippen LogP contribution in [0, 0.1) is 0 Å². The highest BCUT2D eigenvalue weighted by Crippen LogP contribution is 2.43. The normalized spacial score (nSPS) is 14.8. The molecule has 0 bridgehead atoms. The number of carbonyl (C=O) groups excluding carboxylic acids is 2. The van der Waals surface area contributed by atoms with Crippen molar-refractivity contribution in [2.24, 2.45) is 0 Å². The van der Waals surface area contributed by atoms with Crippen LogP contribution in [0.3, 0.4) is 0 Å². The number of phosphoric ester groups is 1. The van der Waals surface area contributed by atoms with E-state index in [4.69, 9.17) is 13.8 Å². The Bertz CT molecular complexity index is 1870. The van der Waals surface area contributed by atoms with Crippen LogP contribution in [0.5, 0.6) is 0 Å². The molecule has 0 aliphatic rings. The lowest BCUT2D eigenvalue weighted by Gasteiger charge is -2.27. The minimum absolute atomic E-state index is 0.0106. The quantitative estimate of drug-likeness (QED) is 0.0205. The summed E-state index contributed by atoms with van der Waals surface area (Å²) < 4.78 is 30.5. The van der Waals surface area contributed by atoms with Gasteiger partial charge in [0.1, 0.15) is 19.3 Å².